The first-order chi connectivity index (χ1) is 14.9. The van der Waals surface area contributed by atoms with E-state index in [-0.39, 0.29) is 17.3 Å². The third kappa shape index (κ3) is 5.24. The smallest absolute Gasteiger partial charge is 0.221 e. The van der Waals surface area contributed by atoms with E-state index in [1.165, 1.54) is 19.1 Å². The molecule has 1 aliphatic heterocycles. The Morgan fingerprint density at radius 2 is 1.94 bits per heavy atom. The molecule has 7 heteroatoms. The fourth-order valence-corrected chi connectivity index (χ4v) is 3.52. The fraction of sp³-hybridized carbons (Fsp3) is 0.292. The average molecular weight is 426 g/mol. The van der Waals surface area contributed by atoms with Gasteiger partial charge in [0.05, 0.1) is 11.3 Å². The first kappa shape index (κ1) is 22.4. The van der Waals surface area contributed by atoms with Gasteiger partial charge in [0, 0.05) is 38.7 Å². The van der Waals surface area contributed by atoms with Crippen molar-refractivity contribution in [3.05, 3.63) is 65.8 Å². The van der Waals surface area contributed by atoms with Gasteiger partial charge >= 0.3 is 0 Å². The van der Waals surface area contributed by atoms with E-state index >= 15 is 0 Å². The third-order valence-electron chi connectivity index (χ3n) is 5.04. The molecule has 0 unspecified atom stereocenters. The van der Waals surface area contributed by atoms with Gasteiger partial charge in [-0.3, -0.25) is 4.79 Å². The van der Waals surface area contributed by atoms with Crippen molar-refractivity contribution in [3.63, 3.8) is 0 Å². The lowest BCUT2D eigenvalue weighted by Crippen LogP contribution is -2.43. The lowest BCUT2D eigenvalue weighted by Gasteiger charge is -2.31. The van der Waals surface area contributed by atoms with E-state index in [0.717, 1.165) is 32.1 Å². The van der Waals surface area contributed by atoms with E-state index < -0.39 is 5.82 Å². The number of benzene rings is 2. The summed E-state index contributed by atoms with van der Waals surface area (Å²) < 4.78 is 20.6. The minimum absolute atomic E-state index is 0.00181. The Bertz CT molecular complexity index is 1010. The number of amides is 1. The highest BCUT2D eigenvalue weighted by Crippen LogP contribution is 2.37. The van der Waals surface area contributed by atoms with Crippen molar-refractivity contribution in [2.24, 2.45) is 0 Å². The number of halogens is 1. The number of anilines is 1. The van der Waals surface area contributed by atoms with Crippen LogP contribution in [-0.4, -0.2) is 42.1 Å². The van der Waals surface area contributed by atoms with E-state index in [1.54, 1.807) is 30.3 Å². The van der Waals surface area contributed by atoms with Gasteiger partial charge in [-0.15, -0.1) is 0 Å². The van der Waals surface area contributed by atoms with Gasteiger partial charge in [-0.2, -0.15) is 0 Å². The summed E-state index contributed by atoms with van der Waals surface area (Å²) in [4.78, 5) is 13.4. The number of allylic oxidation sites excluding steroid dienone is 2. The Morgan fingerprint density at radius 1 is 1.19 bits per heavy atom. The van der Waals surface area contributed by atoms with Gasteiger partial charge in [-0.1, -0.05) is 18.2 Å². The lowest BCUT2D eigenvalue weighted by atomic mass is 10.00. The summed E-state index contributed by atoms with van der Waals surface area (Å²) in [6.07, 6.45) is 3.71. The van der Waals surface area contributed by atoms with Crippen LogP contribution in [0.4, 0.5) is 10.1 Å². The maximum absolute atomic E-state index is 14.4. The molecule has 0 bridgehead atoms. The number of phenolic OH excluding ortho intramolecular Hbond substituents is 1. The van der Waals surface area contributed by atoms with Crippen molar-refractivity contribution in [3.8, 4) is 16.9 Å². The van der Waals surface area contributed by atoms with Crippen LogP contribution in [0, 0.1) is 5.82 Å². The van der Waals surface area contributed by atoms with Crippen LogP contribution in [0.5, 0.6) is 5.75 Å². The summed E-state index contributed by atoms with van der Waals surface area (Å²) in [7, 11) is 0. The predicted molar refractivity (Wildman–Crippen MR) is 121 cm³/mol. The SMILES string of the molecule is C/C=C(\O/C(=C\C)N1CCNCC1)c1cccc(-c2ccc(NC(C)=O)c(F)c2)c1O. The van der Waals surface area contributed by atoms with E-state index in [4.69, 9.17) is 4.74 Å². The number of carbonyl (C=O) groups excluding carboxylic acids is 1. The molecule has 0 aromatic heterocycles. The molecule has 6 nitrogen and oxygen atoms in total. The summed E-state index contributed by atoms with van der Waals surface area (Å²) in [5.41, 5.74) is 1.58. The monoisotopic (exact) mass is 425 g/mol. The fourth-order valence-electron chi connectivity index (χ4n) is 3.52. The number of rotatable bonds is 6. The molecule has 0 radical (unpaired) electrons. The van der Waals surface area contributed by atoms with Crippen LogP contribution in [-0.2, 0) is 9.53 Å². The first-order valence-corrected chi connectivity index (χ1v) is 10.3. The zero-order valence-electron chi connectivity index (χ0n) is 18.0. The molecule has 31 heavy (non-hydrogen) atoms. The topological polar surface area (TPSA) is 73.8 Å². The molecular formula is C24H28FN3O3. The molecule has 2 aromatic carbocycles. The van der Waals surface area contributed by atoms with Crippen LogP contribution in [0.15, 0.2) is 54.4 Å². The molecule has 0 saturated carbocycles. The Labute approximate surface area is 182 Å². The van der Waals surface area contributed by atoms with Crippen LogP contribution in [0.25, 0.3) is 16.9 Å². The van der Waals surface area contributed by atoms with Gasteiger partial charge in [0.15, 0.2) is 5.88 Å². The second-order valence-electron chi connectivity index (χ2n) is 7.20. The summed E-state index contributed by atoms with van der Waals surface area (Å²) in [5, 5.41) is 16.7. The van der Waals surface area contributed by atoms with Crippen LogP contribution < -0.4 is 10.6 Å². The molecular weight excluding hydrogens is 397 g/mol. The van der Waals surface area contributed by atoms with Crippen molar-refractivity contribution >= 4 is 17.4 Å². The number of ether oxygens (including phenoxy) is 1. The maximum atomic E-state index is 14.4. The van der Waals surface area contributed by atoms with Gasteiger partial charge in [0.25, 0.3) is 0 Å². The Balaban J connectivity index is 1.90. The number of hydrogen-bond donors (Lipinski definition) is 3. The number of carbonyl (C=O) groups is 1. The normalized spacial score (nSPS) is 15.0. The summed E-state index contributed by atoms with van der Waals surface area (Å²) >= 11 is 0. The van der Waals surface area contributed by atoms with E-state index in [1.807, 2.05) is 19.9 Å². The molecule has 1 saturated heterocycles. The molecule has 3 N–H and O–H groups in total. The van der Waals surface area contributed by atoms with Gasteiger partial charge in [0.2, 0.25) is 5.91 Å². The zero-order chi connectivity index (χ0) is 22.4. The standard InChI is InChI=1S/C24H28FN3O3/c1-4-22(31-23(5-2)28-13-11-26-12-14-28)19-8-6-7-18(24(19)30)17-9-10-21(20(25)15-17)27-16(3)29/h4-10,15,26,30H,11-14H2,1-3H3,(H,27,29)/b22-4-,23-5-. The minimum atomic E-state index is -0.574. The zero-order valence-corrected chi connectivity index (χ0v) is 18.0. The largest absolute Gasteiger partial charge is 0.507 e. The highest BCUT2D eigenvalue weighted by Gasteiger charge is 2.19. The second kappa shape index (κ2) is 10.1. The number of hydrogen-bond acceptors (Lipinski definition) is 5. The summed E-state index contributed by atoms with van der Waals surface area (Å²) in [6, 6.07) is 9.69. The number of aromatic hydroxyl groups is 1. The molecule has 3 rings (SSSR count). The minimum Gasteiger partial charge on any atom is -0.507 e. The van der Waals surface area contributed by atoms with Gasteiger partial charge in [-0.25, -0.2) is 4.39 Å². The number of phenols is 1. The van der Waals surface area contributed by atoms with Crippen molar-refractivity contribution < 1.29 is 19.0 Å². The maximum Gasteiger partial charge on any atom is 0.221 e. The van der Waals surface area contributed by atoms with Crippen molar-refractivity contribution in [2.45, 2.75) is 20.8 Å². The molecule has 164 valence electrons. The Hall–Kier alpha value is -3.32. The quantitative estimate of drug-likeness (QED) is 0.602. The molecule has 1 heterocycles. The van der Waals surface area contributed by atoms with Gasteiger partial charge < -0.3 is 25.4 Å². The average Bonchev–Trinajstić information content (AvgIpc) is 2.77. The first-order valence-electron chi connectivity index (χ1n) is 10.3. The predicted octanol–water partition coefficient (Wildman–Crippen LogP) is 4.30. The lowest BCUT2D eigenvalue weighted by molar-refractivity contribution is -0.114. The number of para-hydroxylation sites is 1. The van der Waals surface area contributed by atoms with Crippen LogP contribution >= 0.6 is 0 Å². The van der Waals surface area contributed by atoms with Crippen molar-refractivity contribution in [2.75, 3.05) is 31.5 Å². The van der Waals surface area contributed by atoms with Crippen molar-refractivity contribution in [1.29, 1.82) is 0 Å². The number of nitrogens with one attached hydrogen (secondary N) is 2. The molecule has 1 aliphatic rings. The van der Waals surface area contributed by atoms with E-state index in [9.17, 15) is 14.3 Å². The van der Waals surface area contributed by atoms with Crippen LogP contribution in [0.3, 0.4) is 0 Å². The number of nitrogens with zero attached hydrogens (tertiary/aromatic N) is 1. The highest BCUT2D eigenvalue weighted by atomic mass is 19.1. The second-order valence-corrected chi connectivity index (χ2v) is 7.20. The van der Waals surface area contributed by atoms with E-state index in [0.29, 0.717) is 22.4 Å². The Kier molecular flexibility index (Phi) is 7.31. The summed E-state index contributed by atoms with van der Waals surface area (Å²) in [6.45, 7) is 8.51. The molecule has 1 fully saturated rings. The van der Waals surface area contributed by atoms with Gasteiger partial charge in [0.1, 0.15) is 17.3 Å². The third-order valence-corrected chi connectivity index (χ3v) is 5.04. The highest BCUT2D eigenvalue weighted by molar-refractivity contribution is 5.89. The van der Waals surface area contributed by atoms with Crippen LogP contribution in [0.2, 0.25) is 0 Å². The molecule has 2 aromatic rings. The molecule has 0 spiro atoms. The van der Waals surface area contributed by atoms with Crippen molar-refractivity contribution in [1.82, 2.24) is 10.2 Å². The molecule has 1 amide bonds. The summed E-state index contributed by atoms with van der Waals surface area (Å²) in [5.74, 6) is 0.315. The van der Waals surface area contributed by atoms with Gasteiger partial charge in [-0.05, 0) is 49.8 Å². The van der Waals surface area contributed by atoms with E-state index in [2.05, 4.69) is 15.5 Å². The van der Waals surface area contributed by atoms with Crippen LogP contribution in [0.1, 0.15) is 26.3 Å². The molecule has 0 aliphatic carbocycles. The number of piperazine rings is 1. The molecule has 0 atom stereocenters. The Morgan fingerprint density at radius 3 is 2.55 bits per heavy atom.